The van der Waals surface area contributed by atoms with Gasteiger partial charge in [-0.25, -0.2) is 0 Å². The lowest BCUT2D eigenvalue weighted by molar-refractivity contribution is 0.442. The maximum absolute atomic E-state index is 8.92. The van der Waals surface area contributed by atoms with Crippen molar-refractivity contribution in [2.24, 2.45) is 11.8 Å². The van der Waals surface area contributed by atoms with E-state index in [1.54, 1.807) is 6.07 Å². The van der Waals surface area contributed by atoms with Crippen molar-refractivity contribution in [3.63, 3.8) is 0 Å². The number of fused-ring (bicyclic) bond motifs is 1. The zero-order valence-corrected chi connectivity index (χ0v) is 11.8. The zero-order valence-electron chi connectivity index (χ0n) is 11.1. The van der Waals surface area contributed by atoms with Crippen LogP contribution in [-0.2, 0) is 0 Å². The van der Waals surface area contributed by atoms with Crippen molar-refractivity contribution < 1.29 is 0 Å². The SMILES string of the molecule is CCC1C2CNCC2CN1c1ccc(C#N)cc1Cl. The van der Waals surface area contributed by atoms with Gasteiger partial charge in [-0.15, -0.1) is 0 Å². The normalized spacial score (nSPS) is 29.3. The summed E-state index contributed by atoms with van der Waals surface area (Å²) in [5.41, 5.74) is 1.71. The van der Waals surface area contributed by atoms with Gasteiger partial charge in [0.05, 0.1) is 22.3 Å². The maximum atomic E-state index is 8.92. The van der Waals surface area contributed by atoms with Crippen LogP contribution in [0, 0.1) is 23.2 Å². The van der Waals surface area contributed by atoms with E-state index >= 15 is 0 Å². The topological polar surface area (TPSA) is 39.1 Å². The third kappa shape index (κ3) is 2.09. The molecule has 0 radical (unpaired) electrons. The fourth-order valence-electron chi connectivity index (χ4n) is 3.63. The molecule has 3 rings (SSSR count). The fourth-order valence-corrected chi connectivity index (χ4v) is 3.92. The first-order valence-corrected chi connectivity index (χ1v) is 7.29. The van der Waals surface area contributed by atoms with E-state index in [0.29, 0.717) is 16.6 Å². The number of hydrogen-bond donors (Lipinski definition) is 1. The van der Waals surface area contributed by atoms with Crippen LogP contribution in [0.1, 0.15) is 18.9 Å². The van der Waals surface area contributed by atoms with Crippen LogP contribution < -0.4 is 10.2 Å². The molecule has 3 unspecified atom stereocenters. The van der Waals surface area contributed by atoms with Crippen LogP contribution >= 0.6 is 11.6 Å². The molecule has 0 aliphatic carbocycles. The molecule has 2 aliphatic rings. The summed E-state index contributed by atoms with van der Waals surface area (Å²) < 4.78 is 0. The van der Waals surface area contributed by atoms with Gasteiger partial charge in [0.25, 0.3) is 0 Å². The molecular weight excluding hydrogens is 258 g/mol. The molecule has 1 aromatic rings. The number of rotatable bonds is 2. The van der Waals surface area contributed by atoms with Gasteiger partial charge in [0, 0.05) is 25.7 Å². The molecule has 0 spiro atoms. The van der Waals surface area contributed by atoms with Crippen molar-refractivity contribution in [2.45, 2.75) is 19.4 Å². The van der Waals surface area contributed by atoms with Crippen LogP contribution in [-0.4, -0.2) is 25.7 Å². The van der Waals surface area contributed by atoms with E-state index in [4.69, 9.17) is 16.9 Å². The monoisotopic (exact) mass is 275 g/mol. The lowest BCUT2D eigenvalue weighted by atomic mass is 9.93. The summed E-state index contributed by atoms with van der Waals surface area (Å²) in [5.74, 6) is 1.47. The van der Waals surface area contributed by atoms with Crippen molar-refractivity contribution >= 4 is 17.3 Å². The number of hydrogen-bond acceptors (Lipinski definition) is 3. The van der Waals surface area contributed by atoms with E-state index in [9.17, 15) is 0 Å². The summed E-state index contributed by atoms with van der Waals surface area (Å²) in [6.07, 6.45) is 1.14. The van der Waals surface area contributed by atoms with E-state index < -0.39 is 0 Å². The van der Waals surface area contributed by atoms with E-state index in [2.05, 4.69) is 23.2 Å². The van der Waals surface area contributed by atoms with Gasteiger partial charge in [-0.1, -0.05) is 18.5 Å². The molecule has 100 valence electrons. The first kappa shape index (κ1) is 12.8. The Bertz CT molecular complexity index is 523. The lowest BCUT2D eigenvalue weighted by Crippen LogP contribution is -2.35. The Labute approximate surface area is 119 Å². The van der Waals surface area contributed by atoms with Crippen LogP contribution in [0.5, 0.6) is 0 Å². The summed E-state index contributed by atoms with van der Waals surface area (Å²) >= 11 is 6.36. The third-order valence-corrected chi connectivity index (χ3v) is 4.83. The van der Waals surface area contributed by atoms with Crippen molar-refractivity contribution in [3.8, 4) is 6.07 Å². The second kappa shape index (κ2) is 5.03. The lowest BCUT2D eigenvalue weighted by Gasteiger charge is -2.29. The van der Waals surface area contributed by atoms with Crippen LogP contribution in [0.3, 0.4) is 0 Å². The smallest absolute Gasteiger partial charge is 0.0992 e. The highest BCUT2D eigenvalue weighted by Crippen LogP contribution is 2.40. The molecule has 4 heteroatoms. The van der Waals surface area contributed by atoms with Crippen molar-refractivity contribution in [1.82, 2.24) is 5.32 Å². The highest BCUT2D eigenvalue weighted by Gasteiger charge is 2.43. The van der Waals surface area contributed by atoms with Crippen LogP contribution in [0.4, 0.5) is 5.69 Å². The van der Waals surface area contributed by atoms with Gasteiger partial charge in [-0.3, -0.25) is 0 Å². The minimum Gasteiger partial charge on any atom is -0.367 e. The average molecular weight is 276 g/mol. The Morgan fingerprint density at radius 1 is 1.47 bits per heavy atom. The Balaban J connectivity index is 1.92. The summed E-state index contributed by atoms with van der Waals surface area (Å²) in [6.45, 7) is 5.55. The summed E-state index contributed by atoms with van der Waals surface area (Å²) in [7, 11) is 0. The molecule has 1 N–H and O–H groups in total. The number of halogens is 1. The molecule has 2 saturated heterocycles. The predicted octanol–water partition coefficient (Wildman–Crippen LogP) is 2.65. The standard InChI is InChI=1S/C15H18ClN3/c1-2-14-12-8-18-7-11(12)9-19(14)15-4-3-10(6-17)5-13(15)16/h3-5,11-12,14,18H,2,7-9H2,1H3. The Kier molecular flexibility index (Phi) is 3.38. The number of nitrogens with one attached hydrogen (secondary N) is 1. The summed E-state index contributed by atoms with van der Waals surface area (Å²) in [4.78, 5) is 2.44. The molecule has 19 heavy (non-hydrogen) atoms. The second-order valence-electron chi connectivity index (χ2n) is 5.49. The largest absolute Gasteiger partial charge is 0.367 e. The molecule has 3 nitrogen and oxygen atoms in total. The van der Waals surface area contributed by atoms with E-state index in [0.717, 1.165) is 43.6 Å². The Morgan fingerprint density at radius 2 is 2.32 bits per heavy atom. The summed E-state index contributed by atoms with van der Waals surface area (Å²) in [5, 5.41) is 13.1. The molecule has 2 fully saturated rings. The van der Waals surface area contributed by atoms with Crippen molar-refractivity contribution in [3.05, 3.63) is 28.8 Å². The van der Waals surface area contributed by atoms with Crippen molar-refractivity contribution in [1.29, 1.82) is 5.26 Å². The first-order chi connectivity index (χ1) is 9.24. The molecule has 2 heterocycles. The molecule has 0 bridgehead atoms. The van der Waals surface area contributed by atoms with E-state index in [1.807, 2.05) is 12.1 Å². The van der Waals surface area contributed by atoms with Gasteiger partial charge in [-0.2, -0.15) is 5.26 Å². The van der Waals surface area contributed by atoms with Gasteiger partial charge >= 0.3 is 0 Å². The van der Waals surface area contributed by atoms with Gasteiger partial charge in [-0.05, 0) is 36.5 Å². The Morgan fingerprint density at radius 3 is 3.00 bits per heavy atom. The van der Waals surface area contributed by atoms with Crippen molar-refractivity contribution in [2.75, 3.05) is 24.5 Å². The van der Waals surface area contributed by atoms with Crippen LogP contribution in [0.25, 0.3) is 0 Å². The minimum atomic E-state index is 0.561. The van der Waals surface area contributed by atoms with Crippen LogP contribution in [0.2, 0.25) is 5.02 Å². The number of nitriles is 1. The van der Waals surface area contributed by atoms with Gasteiger partial charge in [0.15, 0.2) is 0 Å². The van der Waals surface area contributed by atoms with Gasteiger partial charge < -0.3 is 10.2 Å². The second-order valence-corrected chi connectivity index (χ2v) is 5.90. The highest BCUT2D eigenvalue weighted by molar-refractivity contribution is 6.33. The van der Waals surface area contributed by atoms with Gasteiger partial charge in [0.2, 0.25) is 0 Å². The first-order valence-electron chi connectivity index (χ1n) is 6.91. The molecule has 3 atom stereocenters. The fraction of sp³-hybridized carbons (Fsp3) is 0.533. The number of anilines is 1. The predicted molar refractivity (Wildman–Crippen MR) is 77.4 cm³/mol. The number of nitrogens with zero attached hydrogens (tertiary/aromatic N) is 2. The zero-order chi connectivity index (χ0) is 13.4. The molecule has 0 aromatic heterocycles. The third-order valence-electron chi connectivity index (χ3n) is 4.52. The quantitative estimate of drug-likeness (QED) is 0.902. The minimum absolute atomic E-state index is 0.561. The van der Waals surface area contributed by atoms with Gasteiger partial charge in [0.1, 0.15) is 0 Å². The molecule has 1 aromatic carbocycles. The average Bonchev–Trinajstić information content (AvgIpc) is 2.98. The molecule has 2 aliphatic heterocycles. The van der Waals surface area contributed by atoms with Crippen LogP contribution in [0.15, 0.2) is 18.2 Å². The Hall–Kier alpha value is -1.24. The molecule has 0 saturated carbocycles. The number of benzene rings is 1. The summed E-state index contributed by atoms with van der Waals surface area (Å²) in [6, 6.07) is 8.33. The molecular formula is C15H18ClN3. The van der Waals surface area contributed by atoms with E-state index in [-0.39, 0.29) is 0 Å². The molecule has 0 amide bonds. The van der Waals surface area contributed by atoms with E-state index in [1.165, 1.54) is 0 Å². The highest BCUT2D eigenvalue weighted by atomic mass is 35.5. The maximum Gasteiger partial charge on any atom is 0.0992 e.